The number of carbonyl (C=O) groups excluding carboxylic acids is 2. The van der Waals surface area contributed by atoms with Crippen molar-refractivity contribution in [1.29, 1.82) is 0 Å². The molecule has 174 valence electrons. The summed E-state index contributed by atoms with van der Waals surface area (Å²) in [6, 6.07) is 14.6. The van der Waals surface area contributed by atoms with Crippen LogP contribution in [-0.4, -0.2) is 26.6 Å². The average molecular weight is 476 g/mol. The Balaban J connectivity index is 1.51. The Bertz CT molecular complexity index is 1420. The molecule has 0 aliphatic carbocycles. The third-order valence-corrected chi connectivity index (χ3v) is 6.27. The van der Waals surface area contributed by atoms with Crippen molar-refractivity contribution in [3.05, 3.63) is 81.2 Å². The lowest BCUT2D eigenvalue weighted by Gasteiger charge is -2.13. The lowest BCUT2D eigenvalue weighted by molar-refractivity contribution is 0.0841. The molecule has 34 heavy (non-hydrogen) atoms. The normalized spacial score (nSPS) is 11.2. The molecule has 0 saturated carbocycles. The Morgan fingerprint density at radius 2 is 1.56 bits per heavy atom. The second kappa shape index (κ2) is 9.56. The van der Waals surface area contributed by atoms with Gasteiger partial charge in [-0.2, -0.15) is 5.10 Å². The van der Waals surface area contributed by atoms with Gasteiger partial charge in [-0.3, -0.25) is 25.2 Å². The third kappa shape index (κ3) is 4.60. The number of amides is 2. The monoisotopic (exact) mass is 475 g/mol. The minimum Gasteiger partial charge on any atom is -0.267 e. The van der Waals surface area contributed by atoms with Crippen molar-refractivity contribution in [3.8, 4) is 10.6 Å². The smallest absolute Gasteiger partial charge is 0.267 e. The van der Waals surface area contributed by atoms with Crippen LogP contribution in [0.4, 0.5) is 0 Å². The Morgan fingerprint density at radius 3 is 2.21 bits per heavy atom. The van der Waals surface area contributed by atoms with E-state index in [1.807, 2.05) is 26.0 Å². The number of hydrogen-bond acceptors (Lipinski definition) is 6. The van der Waals surface area contributed by atoms with E-state index in [0.717, 1.165) is 5.56 Å². The van der Waals surface area contributed by atoms with Crippen molar-refractivity contribution >= 4 is 33.9 Å². The Hall–Kier alpha value is -3.85. The molecule has 0 fully saturated rings. The molecule has 4 aromatic rings. The number of rotatable bonds is 5. The molecule has 4 rings (SSSR count). The zero-order valence-corrected chi connectivity index (χ0v) is 20.1. The second-order valence-corrected chi connectivity index (χ2v) is 9.32. The van der Waals surface area contributed by atoms with Crippen molar-refractivity contribution in [2.75, 3.05) is 0 Å². The van der Waals surface area contributed by atoms with Gasteiger partial charge in [0.15, 0.2) is 5.69 Å². The van der Waals surface area contributed by atoms with Crippen LogP contribution in [0.25, 0.3) is 21.3 Å². The topological polar surface area (TPSA) is 106 Å². The van der Waals surface area contributed by atoms with Crippen molar-refractivity contribution in [2.24, 2.45) is 0 Å². The molecule has 0 aliphatic heterocycles. The molecule has 9 heteroatoms. The van der Waals surface area contributed by atoms with E-state index in [4.69, 9.17) is 0 Å². The van der Waals surface area contributed by atoms with Crippen LogP contribution in [0.5, 0.6) is 0 Å². The standard InChI is InChI=1S/C25H25N5O3S/c1-14(2)16-9-11-17(12-10-16)24-26-20(13-34-24)22(31)27-28-23(32)21-18-7-5-6-8-19(18)25(33)30(29-21)15(3)4/h5-15H,1-4H3,(H,27,31)(H,28,32). The summed E-state index contributed by atoms with van der Waals surface area (Å²) in [5.74, 6) is -0.739. The zero-order valence-electron chi connectivity index (χ0n) is 19.3. The molecule has 2 heterocycles. The van der Waals surface area contributed by atoms with E-state index in [2.05, 4.69) is 46.9 Å². The van der Waals surface area contributed by atoms with Crippen molar-refractivity contribution in [2.45, 2.75) is 39.7 Å². The number of carbonyl (C=O) groups is 2. The second-order valence-electron chi connectivity index (χ2n) is 8.46. The molecule has 0 atom stereocenters. The van der Waals surface area contributed by atoms with Crippen LogP contribution in [-0.2, 0) is 0 Å². The Morgan fingerprint density at radius 1 is 0.912 bits per heavy atom. The molecule has 2 N–H and O–H groups in total. The highest BCUT2D eigenvalue weighted by molar-refractivity contribution is 7.13. The highest BCUT2D eigenvalue weighted by Crippen LogP contribution is 2.25. The predicted octanol–water partition coefficient (Wildman–Crippen LogP) is 4.30. The van der Waals surface area contributed by atoms with Gasteiger partial charge in [0.2, 0.25) is 0 Å². The maximum absolute atomic E-state index is 12.9. The van der Waals surface area contributed by atoms with E-state index in [1.54, 1.807) is 29.6 Å². The first-order chi connectivity index (χ1) is 16.3. The molecule has 0 saturated heterocycles. The number of fused-ring (bicyclic) bond motifs is 1. The highest BCUT2D eigenvalue weighted by Gasteiger charge is 2.19. The first-order valence-corrected chi connectivity index (χ1v) is 11.8. The van der Waals surface area contributed by atoms with Crippen LogP contribution in [0.1, 0.15) is 66.2 Å². The van der Waals surface area contributed by atoms with Crippen molar-refractivity contribution in [1.82, 2.24) is 25.6 Å². The number of nitrogens with one attached hydrogen (secondary N) is 2. The lowest BCUT2D eigenvalue weighted by Crippen LogP contribution is -2.43. The summed E-state index contributed by atoms with van der Waals surface area (Å²) in [5, 5.41) is 7.39. The van der Waals surface area contributed by atoms with Crippen molar-refractivity contribution < 1.29 is 9.59 Å². The van der Waals surface area contributed by atoms with Gasteiger partial charge in [-0.15, -0.1) is 11.3 Å². The fourth-order valence-corrected chi connectivity index (χ4v) is 4.29. The summed E-state index contributed by atoms with van der Waals surface area (Å²) < 4.78 is 1.26. The summed E-state index contributed by atoms with van der Waals surface area (Å²) >= 11 is 1.35. The molecule has 0 spiro atoms. The number of benzene rings is 2. The fraction of sp³-hybridized carbons (Fsp3) is 0.240. The SMILES string of the molecule is CC(C)c1ccc(-c2nc(C(=O)NNC(=O)c3nn(C(C)C)c(=O)c4ccccc34)cs2)cc1. The summed E-state index contributed by atoms with van der Waals surface area (Å²) in [6.07, 6.45) is 0. The van der Waals surface area contributed by atoms with E-state index >= 15 is 0 Å². The Labute approximate surface area is 200 Å². The maximum atomic E-state index is 12.9. The van der Waals surface area contributed by atoms with Gasteiger partial charge in [-0.05, 0) is 31.4 Å². The van der Waals surface area contributed by atoms with Gasteiger partial charge in [-0.25, -0.2) is 9.67 Å². The quantitative estimate of drug-likeness (QED) is 0.419. The van der Waals surface area contributed by atoms with Crippen LogP contribution in [0, 0.1) is 0 Å². The third-order valence-electron chi connectivity index (χ3n) is 5.38. The number of hydrazine groups is 1. The molecular formula is C25H25N5O3S. The van der Waals surface area contributed by atoms with Crippen LogP contribution < -0.4 is 16.4 Å². The van der Waals surface area contributed by atoms with Crippen LogP contribution >= 0.6 is 11.3 Å². The molecule has 2 aromatic heterocycles. The molecule has 0 unspecified atom stereocenters. The summed E-state index contributed by atoms with van der Waals surface area (Å²) in [7, 11) is 0. The summed E-state index contributed by atoms with van der Waals surface area (Å²) in [4.78, 5) is 42.5. The molecule has 0 aliphatic rings. The van der Waals surface area contributed by atoms with E-state index in [9.17, 15) is 14.4 Å². The van der Waals surface area contributed by atoms with Crippen molar-refractivity contribution in [3.63, 3.8) is 0 Å². The molecule has 0 radical (unpaired) electrons. The van der Waals surface area contributed by atoms with Gasteiger partial charge >= 0.3 is 0 Å². The van der Waals surface area contributed by atoms with E-state index < -0.39 is 11.8 Å². The Kier molecular flexibility index (Phi) is 6.56. The zero-order chi connectivity index (χ0) is 24.4. The van der Waals surface area contributed by atoms with Crippen LogP contribution in [0.3, 0.4) is 0 Å². The van der Waals surface area contributed by atoms with Gasteiger partial charge in [0.25, 0.3) is 17.4 Å². The molecular weight excluding hydrogens is 450 g/mol. The largest absolute Gasteiger partial charge is 0.290 e. The minimum atomic E-state index is -0.626. The van der Waals surface area contributed by atoms with Gasteiger partial charge in [0.05, 0.1) is 11.4 Å². The lowest BCUT2D eigenvalue weighted by atomic mass is 10.0. The maximum Gasteiger partial charge on any atom is 0.290 e. The van der Waals surface area contributed by atoms with E-state index in [-0.39, 0.29) is 23.0 Å². The van der Waals surface area contributed by atoms with Crippen LogP contribution in [0.15, 0.2) is 58.7 Å². The number of thiazole rings is 1. The summed E-state index contributed by atoms with van der Waals surface area (Å²) in [6.45, 7) is 7.88. The first kappa shape index (κ1) is 23.3. The van der Waals surface area contributed by atoms with E-state index in [0.29, 0.717) is 21.7 Å². The molecule has 2 aromatic carbocycles. The number of nitrogens with zero attached hydrogens (tertiary/aromatic N) is 3. The number of hydrogen-bond donors (Lipinski definition) is 2. The van der Waals surface area contributed by atoms with Gasteiger partial charge in [-0.1, -0.05) is 56.3 Å². The van der Waals surface area contributed by atoms with E-state index in [1.165, 1.54) is 21.6 Å². The molecule has 2 amide bonds. The number of aromatic nitrogens is 3. The summed E-state index contributed by atoms with van der Waals surface area (Å²) in [5.41, 5.74) is 6.90. The minimum absolute atomic E-state index is 0.0495. The highest BCUT2D eigenvalue weighted by atomic mass is 32.1. The van der Waals surface area contributed by atoms with Gasteiger partial charge in [0, 0.05) is 16.3 Å². The molecule has 0 bridgehead atoms. The fourth-order valence-electron chi connectivity index (χ4n) is 3.48. The predicted molar refractivity (Wildman–Crippen MR) is 133 cm³/mol. The average Bonchev–Trinajstić information content (AvgIpc) is 3.33. The van der Waals surface area contributed by atoms with Crippen LogP contribution in [0.2, 0.25) is 0 Å². The van der Waals surface area contributed by atoms with Gasteiger partial charge < -0.3 is 0 Å². The first-order valence-electron chi connectivity index (χ1n) is 10.9. The van der Waals surface area contributed by atoms with Gasteiger partial charge in [0.1, 0.15) is 10.7 Å². The molecule has 8 nitrogen and oxygen atoms in total.